The van der Waals surface area contributed by atoms with Crippen molar-refractivity contribution < 1.29 is 4.79 Å². The number of aryl methyl sites for hydroxylation is 1. The van der Waals surface area contributed by atoms with Gasteiger partial charge >= 0.3 is 0 Å². The molecular formula is C11H21N5O. The number of carbonyl (C=O) groups is 1. The van der Waals surface area contributed by atoms with Gasteiger partial charge in [0.1, 0.15) is 0 Å². The van der Waals surface area contributed by atoms with Crippen LogP contribution in [-0.4, -0.2) is 26.1 Å². The summed E-state index contributed by atoms with van der Waals surface area (Å²) in [5, 5.41) is 14.1. The second kappa shape index (κ2) is 6.32. The van der Waals surface area contributed by atoms with Gasteiger partial charge in [0, 0.05) is 13.0 Å². The molecule has 0 bridgehead atoms. The number of rotatable bonds is 6. The molecule has 1 rings (SSSR count). The van der Waals surface area contributed by atoms with E-state index in [0.717, 1.165) is 19.3 Å². The fraction of sp³-hybridized carbons (Fsp3) is 0.818. The van der Waals surface area contributed by atoms with Crippen LogP contribution >= 0.6 is 0 Å². The summed E-state index contributed by atoms with van der Waals surface area (Å²) in [4.78, 5) is 11.9. The predicted octanol–water partition coefficient (Wildman–Crippen LogP) is 1.21. The Morgan fingerprint density at radius 1 is 1.47 bits per heavy atom. The van der Waals surface area contributed by atoms with E-state index < -0.39 is 0 Å². The lowest BCUT2D eigenvalue weighted by Gasteiger charge is -2.16. The number of amides is 1. The van der Waals surface area contributed by atoms with Gasteiger partial charge in [-0.15, -0.1) is 5.10 Å². The normalized spacial score (nSPS) is 14.4. The lowest BCUT2D eigenvalue weighted by molar-refractivity contribution is -0.125. The van der Waals surface area contributed by atoms with Crippen molar-refractivity contribution in [3.63, 3.8) is 0 Å². The SMILES string of the molecule is CCCC[C@H](C)C(=O)N[C@@H](C)c1nnnn1C. The molecule has 0 radical (unpaired) electrons. The van der Waals surface area contributed by atoms with Crippen LogP contribution in [0, 0.1) is 5.92 Å². The van der Waals surface area contributed by atoms with E-state index in [4.69, 9.17) is 0 Å². The minimum Gasteiger partial charge on any atom is -0.346 e. The average molecular weight is 239 g/mol. The summed E-state index contributed by atoms with van der Waals surface area (Å²) in [5.74, 6) is 0.772. The Hall–Kier alpha value is -1.46. The first-order valence-corrected chi connectivity index (χ1v) is 6.08. The van der Waals surface area contributed by atoms with E-state index in [0.29, 0.717) is 5.82 Å². The zero-order valence-corrected chi connectivity index (χ0v) is 11.0. The second-order valence-corrected chi connectivity index (χ2v) is 4.43. The number of tetrazole rings is 1. The molecule has 0 saturated heterocycles. The Morgan fingerprint density at radius 3 is 2.71 bits per heavy atom. The molecule has 0 spiro atoms. The number of nitrogens with one attached hydrogen (secondary N) is 1. The van der Waals surface area contributed by atoms with Crippen LogP contribution in [0.3, 0.4) is 0 Å². The van der Waals surface area contributed by atoms with Crippen molar-refractivity contribution in [2.75, 3.05) is 0 Å². The lowest BCUT2D eigenvalue weighted by atomic mass is 10.0. The highest BCUT2D eigenvalue weighted by atomic mass is 16.1. The van der Waals surface area contributed by atoms with Gasteiger partial charge in [-0.2, -0.15) is 0 Å². The van der Waals surface area contributed by atoms with Gasteiger partial charge in [-0.3, -0.25) is 4.79 Å². The smallest absolute Gasteiger partial charge is 0.223 e. The molecule has 0 fully saturated rings. The molecule has 1 N–H and O–H groups in total. The molecule has 0 aliphatic carbocycles. The topological polar surface area (TPSA) is 72.7 Å². The van der Waals surface area contributed by atoms with Gasteiger partial charge in [-0.25, -0.2) is 4.68 Å². The van der Waals surface area contributed by atoms with E-state index in [1.54, 1.807) is 11.7 Å². The quantitative estimate of drug-likeness (QED) is 0.810. The molecule has 6 nitrogen and oxygen atoms in total. The van der Waals surface area contributed by atoms with Crippen LogP contribution in [0.4, 0.5) is 0 Å². The minimum absolute atomic E-state index is 0.0404. The average Bonchev–Trinajstić information content (AvgIpc) is 2.72. The van der Waals surface area contributed by atoms with Gasteiger partial charge in [0.05, 0.1) is 6.04 Å². The molecule has 96 valence electrons. The third-order valence-corrected chi connectivity index (χ3v) is 2.84. The lowest BCUT2D eigenvalue weighted by Crippen LogP contribution is -2.32. The van der Waals surface area contributed by atoms with Crippen LogP contribution in [-0.2, 0) is 11.8 Å². The number of hydrogen-bond acceptors (Lipinski definition) is 4. The van der Waals surface area contributed by atoms with Crippen molar-refractivity contribution in [1.29, 1.82) is 0 Å². The van der Waals surface area contributed by atoms with Crippen LogP contribution in [0.5, 0.6) is 0 Å². The standard InChI is InChI=1S/C11H21N5O/c1-5-6-7-8(2)11(17)12-9(3)10-13-14-15-16(10)4/h8-9H,5-7H2,1-4H3,(H,12,17)/t8-,9-/m0/s1. The fourth-order valence-corrected chi connectivity index (χ4v) is 1.66. The molecule has 0 unspecified atom stereocenters. The maximum Gasteiger partial charge on any atom is 0.223 e. The Bertz CT molecular complexity index is 362. The molecular weight excluding hydrogens is 218 g/mol. The second-order valence-electron chi connectivity index (χ2n) is 4.43. The first-order chi connectivity index (χ1) is 8.06. The highest BCUT2D eigenvalue weighted by Gasteiger charge is 2.18. The van der Waals surface area contributed by atoms with Gasteiger partial charge in [0.2, 0.25) is 5.91 Å². The first-order valence-electron chi connectivity index (χ1n) is 6.08. The zero-order valence-electron chi connectivity index (χ0n) is 11.0. The summed E-state index contributed by atoms with van der Waals surface area (Å²) in [5.41, 5.74) is 0. The number of unbranched alkanes of at least 4 members (excludes halogenated alkanes) is 1. The number of carbonyl (C=O) groups excluding carboxylic acids is 1. The van der Waals surface area contributed by atoms with Gasteiger partial charge in [-0.1, -0.05) is 26.7 Å². The molecule has 1 amide bonds. The van der Waals surface area contributed by atoms with E-state index in [-0.39, 0.29) is 17.9 Å². The van der Waals surface area contributed by atoms with E-state index in [1.807, 2.05) is 13.8 Å². The maximum absolute atomic E-state index is 11.9. The van der Waals surface area contributed by atoms with Crippen molar-refractivity contribution >= 4 is 5.91 Å². The highest BCUT2D eigenvalue weighted by molar-refractivity contribution is 5.78. The summed E-state index contributed by atoms with van der Waals surface area (Å²) in [7, 11) is 1.76. The molecule has 1 aromatic rings. The van der Waals surface area contributed by atoms with Crippen molar-refractivity contribution in [1.82, 2.24) is 25.5 Å². The fourth-order valence-electron chi connectivity index (χ4n) is 1.66. The van der Waals surface area contributed by atoms with E-state index in [9.17, 15) is 4.79 Å². The van der Waals surface area contributed by atoms with Crippen molar-refractivity contribution in [2.45, 2.75) is 46.1 Å². The molecule has 1 aromatic heterocycles. The third kappa shape index (κ3) is 3.80. The highest BCUT2D eigenvalue weighted by Crippen LogP contribution is 2.11. The molecule has 6 heteroatoms. The first kappa shape index (κ1) is 13.6. The molecule has 17 heavy (non-hydrogen) atoms. The van der Waals surface area contributed by atoms with E-state index in [1.165, 1.54) is 0 Å². The molecule has 2 atom stereocenters. The molecule has 0 aliphatic rings. The van der Waals surface area contributed by atoms with Crippen molar-refractivity contribution in [3.05, 3.63) is 5.82 Å². The van der Waals surface area contributed by atoms with Crippen LogP contribution in [0.2, 0.25) is 0 Å². The molecule has 0 saturated carbocycles. The van der Waals surface area contributed by atoms with Gasteiger partial charge < -0.3 is 5.32 Å². The molecule has 0 aliphatic heterocycles. The summed E-state index contributed by atoms with van der Waals surface area (Å²) in [6.45, 7) is 5.96. The Morgan fingerprint density at radius 2 is 2.18 bits per heavy atom. The van der Waals surface area contributed by atoms with Crippen molar-refractivity contribution in [2.24, 2.45) is 13.0 Å². The van der Waals surface area contributed by atoms with Gasteiger partial charge in [0.25, 0.3) is 0 Å². The van der Waals surface area contributed by atoms with E-state index >= 15 is 0 Å². The van der Waals surface area contributed by atoms with Gasteiger partial charge in [-0.05, 0) is 23.8 Å². The van der Waals surface area contributed by atoms with E-state index in [2.05, 4.69) is 27.8 Å². The Balaban J connectivity index is 2.48. The third-order valence-electron chi connectivity index (χ3n) is 2.84. The Kier molecular flexibility index (Phi) is 5.06. The molecule has 0 aromatic carbocycles. The molecule has 1 heterocycles. The summed E-state index contributed by atoms with van der Waals surface area (Å²) >= 11 is 0. The monoisotopic (exact) mass is 239 g/mol. The number of nitrogens with zero attached hydrogens (tertiary/aromatic N) is 4. The minimum atomic E-state index is -0.161. The largest absolute Gasteiger partial charge is 0.346 e. The van der Waals surface area contributed by atoms with Crippen molar-refractivity contribution in [3.8, 4) is 0 Å². The zero-order chi connectivity index (χ0) is 12.8. The van der Waals surface area contributed by atoms with Crippen LogP contribution in [0.25, 0.3) is 0 Å². The predicted molar refractivity (Wildman–Crippen MR) is 64.0 cm³/mol. The number of aromatic nitrogens is 4. The van der Waals surface area contributed by atoms with Crippen LogP contribution < -0.4 is 5.32 Å². The maximum atomic E-state index is 11.9. The van der Waals surface area contributed by atoms with Gasteiger partial charge in [0.15, 0.2) is 5.82 Å². The Labute approximate surface area is 102 Å². The van der Waals surface area contributed by atoms with Crippen LogP contribution in [0.15, 0.2) is 0 Å². The van der Waals surface area contributed by atoms with Crippen LogP contribution in [0.1, 0.15) is 51.9 Å². The number of hydrogen-bond donors (Lipinski definition) is 1. The summed E-state index contributed by atoms with van der Waals surface area (Å²) in [6, 6.07) is -0.161. The summed E-state index contributed by atoms with van der Waals surface area (Å²) < 4.78 is 1.57. The summed E-state index contributed by atoms with van der Waals surface area (Å²) in [6.07, 6.45) is 3.11.